The van der Waals surface area contributed by atoms with Crippen molar-refractivity contribution in [1.82, 2.24) is 15.5 Å². The third-order valence-corrected chi connectivity index (χ3v) is 8.02. The van der Waals surface area contributed by atoms with Gasteiger partial charge in [0, 0.05) is 29.4 Å². The maximum Gasteiger partial charge on any atom is 0.251 e. The monoisotopic (exact) mass is 529 g/mol. The number of H-pyrrole nitrogens is 1. The number of hydrogen-bond acceptors (Lipinski definition) is 4. The van der Waals surface area contributed by atoms with Gasteiger partial charge in [0.15, 0.2) is 9.84 Å². The second-order valence-electron chi connectivity index (χ2n) is 9.05. The summed E-state index contributed by atoms with van der Waals surface area (Å²) in [6, 6.07) is 15.6. The molecule has 38 heavy (non-hydrogen) atoms. The van der Waals surface area contributed by atoms with E-state index in [-0.39, 0.29) is 22.1 Å². The minimum Gasteiger partial charge on any atom is -0.352 e. The van der Waals surface area contributed by atoms with E-state index in [2.05, 4.69) is 27.4 Å². The number of aryl methyl sites for hydroxylation is 2. The maximum atomic E-state index is 13.5. The molecule has 0 saturated heterocycles. The summed E-state index contributed by atoms with van der Waals surface area (Å²) in [5, 5.41) is 9.54. The second-order valence-corrected chi connectivity index (χ2v) is 11.0. The Morgan fingerprint density at radius 2 is 1.84 bits per heavy atom. The fourth-order valence-electron chi connectivity index (χ4n) is 3.97. The Hall–Kier alpha value is -4.22. The zero-order chi connectivity index (χ0) is 27.1. The largest absolute Gasteiger partial charge is 0.352 e. The predicted molar refractivity (Wildman–Crippen MR) is 145 cm³/mol. The minimum atomic E-state index is -3.79. The van der Waals surface area contributed by atoms with Crippen LogP contribution in [-0.2, 0) is 22.0 Å². The number of benzene rings is 3. The van der Waals surface area contributed by atoms with Crippen LogP contribution in [0.2, 0.25) is 0 Å². The van der Waals surface area contributed by atoms with Gasteiger partial charge in [-0.2, -0.15) is 5.10 Å². The zero-order valence-electron chi connectivity index (χ0n) is 21.2. The molecule has 1 amide bonds. The summed E-state index contributed by atoms with van der Waals surface area (Å²) in [4.78, 5) is 12.9. The van der Waals surface area contributed by atoms with Gasteiger partial charge in [-0.15, -0.1) is 0 Å². The highest BCUT2D eigenvalue weighted by atomic mass is 32.2. The van der Waals surface area contributed by atoms with Crippen LogP contribution < -0.4 is 5.32 Å². The Morgan fingerprint density at radius 3 is 2.58 bits per heavy atom. The van der Waals surface area contributed by atoms with Gasteiger partial charge in [-0.25, -0.2) is 12.8 Å². The van der Waals surface area contributed by atoms with Crippen molar-refractivity contribution in [3.63, 3.8) is 0 Å². The van der Waals surface area contributed by atoms with E-state index in [0.717, 1.165) is 29.5 Å². The summed E-state index contributed by atoms with van der Waals surface area (Å²) in [6.45, 7) is 4.29. The third kappa shape index (κ3) is 6.75. The molecule has 0 saturated carbocycles. The van der Waals surface area contributed by atoms with E-state index in [1.165, 1.54) is 42.5 Å². The van der Waals surface area contributed by atoms with Gasteiger partial charge in [0.1, 0.15) is 5.82 Å². The van der Waals surface area contributed by atoms with Crippen molar-refractivity contribution < 1.29 is 17.6 Å². The molecule has 0 spiro atoms. The Bertz CT molecular complexity index is 1600. The summed E-state index contributed by atoms with van der Waals surface area (Å²) in [5.74, 6) is 4.91. The zero-order valence-corrected chi connectivity index (χ0v) is 22.0. The lowest BCUT2D eigenvalue weighted by molar-refractivity contribution is 0.0953. The molecule has 1 aromatic heterocycles. The number of sulfone groups is 1. The number of carbonyl (C=O) groups is 1. The molecule has 6 nitrogen and oxygen atoms in total. The first-order chi connectivity index (χ1) is 18.2. The van der Waals surface area contributed by atoms with Gasteiger partial charge in [-0.1, -0.05) is 30.0 Å². The number of aromatic nitrogens is 2. The van der Waals surface area contributed by atoms with Crippen molar-refractivity contribution in [1.29, 1.82) is 0 Å². The first-order valence-corrected chi connectivity index (χ1v) is 13.8. The van der Waals surface area contributed by atoms with Gasteiger partial charge in [0.05, 0.1) is 16.8 Å². The molecule has 4 rings (SSSR count). The number of hydrogen-bond donors (Lipinski definition) is 2. The van der Waals surface area contributed by atoms with Gasteiger partial charge in [-0.3, -0.25) is 9.89 Å². The molecule has 0 unspecified atom stereocenters. The Kier molecular flexibility index (Phi) is 8.39. The number of nitrogens with one attached hydrogen (secondary N) is 2. The van der Waals surface area contributed by atoms with Crippen LogP contribution in [0.15, 0.2) is 78.0 Å². The summed E-state index contributed by atoms with van der Waals surface area (Å²) >= 11 is 0. The summed E-state index contributed by atoms with van der Waals surface area (Å²) in [5.41, 5.74) is 4.74. The van der Waals surface area contributed by atoms with Gasteiger partial charge >= 0.3 is 0 Å². The van der Waals surface area contributed by atoms with Crippen LogP contribution >= 0.6 is 0 Å². The third-order valence-electron chi connectivity index (χ3n) is 6.31. The van der Waals surface area contributed by atoms with E-state index in [1.807, 2.05) is 32.2 Å². The average Bonchev–Trinajstić information content (AvgIpc) is 3.42. The topological polar surface area (TPSA) is 91.9 Å². The number of amides is 1. The van der Waals surface area contributed by atoms with Crippen molar-refractivity contribution in [3.8, 4) is 11.8 Å². The lowest BCUT2D eigenvalue weighted by atomic mass is 10.1. The van der Waals surface area contributed by atoms with Crippen molar-refractivity contribution >= 4 is 15.7 Å². The number of halogens is 1. The smallest absolute Gasteiger partial charge is 0.251 e. The van der Waals surface area contributed by atoms with Crippen molar-refractivity contribution in [2.75, 3.05) is 6.54 Å². The van der Waals surface area contributed by atoms with Crippen LogP contribution in [0.4, 0.5) is 4.39 Å². The molecule has 0 bridgehead atoms. The van der Waals surface area contributed by atoms with Crippen molar-refractivity contribution in [3.05, 3.63) is 118 Å². The summed E-state index contributed by atoms with van der Waals surface area (Å²) in [6.07, 6.45) is 5.04. The van der Waals surface area contributed by atoms with E-state index in [0.29, 0.717) is 23.2 Å². The molecule has 194 valence electrons. The van der Waals surface area contributed by atoms with E-state index in [1.54, 1.807) is 12.3 Å². The van der Waals surface area contributed by atoms with Crippen LogP contribution in [0.1, 0.15) is 50.2 Å². The number of aromatic amines is 1. The normalized spacial score (nSPS) is 11.0. The van der Waals surface area contributed by atoms with Crippen molar-refractivity contribution in [2.45, 2.75) is 37.3 Å². The summed E-state index contributed by atoms with van der Waals surface area (Å²) in [7, 11) is -3.79. The lowest BCUT2D eigenvalue weighted by Crippen LogP contribution is -2.25. The predicted octanol–water partition coefficient (Wildman–Crippen LogP) is 4.90. The standard InChI is InChI=1S/C30H28FN3O3S/c1-21-5-3-7-27(22(21)2)20-38(36,37)29-15-12-26(30(35)32-16-4-6-24-18-33-34-19-24)17-25(29)11-8-23-9-13-28(31)14-10-23/h3,5,7,9-10,12-15,17-19H,4,6,16,20H2,1-2H3,(H,32,35)(H,33,34). The molecule has 0 aliphatic rings. The molecule has 0 fully saturated rings. The molecule has 0 radical (unpaired) electrons. The molecule has 1 heterocycles. The number of nitrogens with zero attached hydrogens (tertiary/aromatic N) is 1. The van der Waals surface area contributed by atoms with E-state index in [4.69, 9.17) is 0 Å². The lowest BCUT2D eigenvalue weighted by Gasteiger charge is -2.12. The fraction of sp³-hybridized carbons (Fsp3) is 0.200. The van der Waals surface area contributed by atoms with Gasteiger partial charge in [-0.05, 0) is 91.4 Å². The van der Waals surface area contributed by atoms with E-state index in [9.17, 15) is 17.6 Å². The minimum absolute atomic E-state index is 0.0459. The van der Waals surface area contributed by atoms with E-state index < -0.39 is 15.7 Å². The number of carbonyl (C=O) groups excluding carboxylic acids is 1. The molecular formula is C30H28FN3O3S. The Balaban J connectivity index is 1.61. The van der Waals surface area contributed by atoms with Crippen molar-refractivity contribution in [2.24, 2.45) is 0 Å². The van der Waals surface area contributed by atoms with Gasteiger partial charge < -0.3 is 5.32 Å². The highest BCUT2D eigenvalue weighted by Crippen LogP contribution is 2.24. The first kappa shape index (κ1) is 26.8. The van der Waals surface area contributed by atoms with Gasteiger partial charge in [0.25, 0.3) is 5.91 Å². The molecular weight excluding hydrogens is 501 g/mol. The molecule has 0 aliphatic carbocycles. The number of rotatable bonds is 8. The molecule has 2 N–H and O–H groups in total. The Morgan fingerprint density at radius 1 is 1.05 bits per heavy atom. The van der Waals surface area contributed by atoms with Crippen LogP contribution in [0.3, 0.4) is 0 Å². The van der Waals surface area contributed by atoms with Crippen LogP contribution in [-0.4, -0.2) is 31.1 Å². The highest BCUT2D eigenvalue weighted by molar-refractivity contribution is 7.90. The van der Waals surface area contributed by atoms with Crippen LogP contribution in [0.25, 0.3) is 0 Å². The average molecular weight is 530 g/mol. The van der Waals surface area contributed by atoms with Gasteiger partial charge in [0.2, 0.25) is 0 Å². The maximum absolute atomic E-state index is 13.5. The summed E-state index contributed by atoms with van der Waals surface area (Å²) < 4.78 is 40.4. The fourth-order valence-corrected chi connectivity index (χ4v) is 5.57. The van der Waals surface area contributed by atoms with E-state index >= 15 is 0 Å². The highest BCUT2D eigenvalue weighted by Gasteiger charge is 2.21. The SMILES string of the molecule is Cc1cccc(CS(=O)(=O)c2ccc(C(=O)NCCCc3cn[nH]c3)cc2C#Cc2ccc(F)cc2)c1C. The molecule has 3 aromatic carbocycles. The van der Waals surface area contributed by atoms with Crippen LogP contribution in [0.5, 0.6) is 0 Å². The molecule has 0 aliphatic heterocycles. The Labute approximate surface area is 222 Å². The van der Waals surface area contributed by atoms with Crippen LogP contribution in [0, 0.1) is 31.5 Å². The second kappa shape index (κ2) is 11.9. The quantitative estimate of drug-likeness (QED) is 0.251. The molecule has 0 atom stereocenters. The molecule has 4 aromatic rings. The molecule has 8 heteroatoms. The first-order valence-electron chi connectivity index (χ1n) is 12.2.